The standard InChI is InChI=1S/C33H44O4/c1-5-36-30(34)16-11-22(2)27-14-15-28-26-13-12-24-21-25(37-31(35)23-9-7-6-8-10-23)17-19-32(24,3)29(26)18-20-33(27,28)4/h6-10,15,22,24-25,27H,5,11-14,16-21H2,1-4H3/t22-,24+,25+,27-,32+,33-/m1/s1. The molecule has 37 heavy (non-hydrogen) atoms. The summed E-state index contributed by atoms with van der Waals surface area (Å²) in [5.41, 5.74) is 6.08. The van der Waals surface area contributed by atoms with E-state index in [2.05, 4.69) is 26.8 Å². The second-order valence-electron chi connectivity index (χ2n) is 12.5. The van der Waals surface area contributed by atoms with E-state index in [-0.39, 0.29) is 28.9 Å². The van der Waals surface area contributed by atoms with Crippen LogP contribution in [-0.4, -0.2) is 24.6 Å². The van der Waals surface area contributed by atoms with Crippen LogP contribution in [0.4, 0.5) is 0 Å². The number of ether oxygens (including phenoxy) is 2. The fourth-order valence-corrected chi connectivity index (χ4v) is 8.39. The van der Waals surface area contributed by atoms with Gasteiger partial charge >= 0.3 is 11.9 Å². The number of benzene rings is 1. The molecule has 1 aromatic carbocycles. The minimum Gasteiger partial charge on any atom is -0.466 e. The maximum Gasteiger partial charge on any atom is 0.338 e. The first-order valence-corrected chi connectivity index (χ1v) is 14.6. The molecule has 1 saturated carbocycles. The third-order valence-electron chi connectivity index (χ3n) is 10.5. The Kier molecular flexibility index (Phi) is 7.40. The highest BCUT2D eigenvalue weighted by Gasteiger charge is 2.53. The Balaban J connectivity index is 1.27. The van der Waals surface area contributed by atoms with Gasteiger partial charge in [0, 0.05) is 6.42 Å². The van der Waals surface area contributed by atoms with Crippen LogP contribution >= 0.6 is 0 Å². The van der Waals surface area contributed by atoms with Gasteiger partial charge in [0.1, 0.15) is 6.10 Å². The van der Waals surface area contributed by atoms with Crippen molar-refractivity contribution in [2.24, 2.45) is 28.6 Å². The number of hydrogen-bond donors (Lipinski definition) is 0. The van der Waals surface area contributed by atoms with E-state index in [4.69, 9.17) is 9.47 Å². The molecule has 0 unspecified atom stereocenters. The van der Waals surface area contributed by atoms with Gasteiger partial charge in [0.15, 0.2) is 0 Å². The molecule has 0 radical (unpaired) electrons. The van der Waals surface area contributed by atoms with Crippen LogP contribution in [0.15, 0.2) is 53.1 Å². The Labute approximate surface area is 222 Å². The molecule has 1 fully saturated rings. The van der Waals surface area contributed by atoms with Crippen LogP contribution in [0.3, 0.4) is 0 Å². The number of rotatable bonds is 7. The summed E-state index contributed by atoms with van der Waals surface area (Å²) < 4.78 is 11.2. The van der Waals surface area contributed by atoms with Gasteiger partial charge in [0.25, 0.3) is 0 Å². The van der Waals surface area contributed by atoms with Crippen LogP contribution in [0.5, 0.6) is 0 Å². The zero-order valence-electron chi connectivity index (χ0n) is 23.2. The highest BCUT2D eigenvalue weighted by Crippen LogP contribution is 2.64. The Morgan fingerprint density at radius 2 is 1.84 bits per heavy atom. The summed E-state index contributed by atoms with van der Waals surface area (Å²) in [7, 11) is 0. The molecule has 0 aromatic heterocycles. The lowest BCUT2D eigenvalue weighted by Crippen LogP contribution is -2.44. The zero-order chi connectivity index (χ0) is 26.2. The average Bonchev–Trinajstić information content (AvgIpc) is 3.25. The van der Waals surface area contributed by atoms with E-state index < -0.39 is 0 Å². The molecular weight excluding hydrogens is 460 g/mol. The second-order valence-corrected chi connectivity index (χ2v) is 12.5. The first-order valence-electron chi connectivity index (χ1n) is 14.6. The normalized spacial score (nSPS) is 33.5. The Morgan fingerprint density at radius 1 is 1.05 bits per heavy atom. The van der Waals surface area contributed by atoms with Crippen LogP contribution in [0.2, 0.25) is 0 Å². The minimum absolute atomic E-state index is 0.0251. The predicted octanol–water partition coefficient (Wildman–Crippen LogP) is 7.83. The van der Waals surface area contributed by atoms with Crippen molar-refractivity contribution in [3.05, 3.63) is 58.7 Å². The predicted molar refractivity (Wildman–Crippen MR) is 146 cm³/mol. The summed E-state index contributed by atoms with van der Waals surface area (Å²) in [5, 5.41) is 0. The first-order chi connectivity index (χ1) is 17.8. The lowest BCUT2D eigenvalue weighted by Gasteiger charge is -2.54. The number of hydrogen-bond acceptors (Lipinski definition) is 4. The van der Waals surface area contributed by atoms with E-state index in [9.17, 15) is 9.59 Å². The second kappa shape index (κ2) is 10.4. The van der Waals surface area contributed by atoms with Crippen LogP contribution in [0.1, 0.15) is 102 Å². The molecule has 4 nitrogen and oxygen atoms in total. The van der Waals surface area contributed by atoms with Gasteiger partial charge in [-0.3, -0.25) is 4.79 Å². The van der Waals surface area contributed by atoms with Gasteiger partial charge in [-0.1, -0.05) is 50.6 Å². The van der Waals surface area contributed by atoms with Crippen LogP contribution in [0, 0.1) is 28.6 Å². The number of allylic oxidation sites excluding steroid dienone is 4. The molecule has 0 heterocycles. The zero-order valence-corrected chi connectivity index (χ0v) is 23.2. The van der Waals surface area contributed by atoms with E-state index in [1.807, 2.05) is 37.3 Å². The first kappa shape index (κ1) is 26.3. The fraction of sp³-hybridized carbons (Fsp3) is 0.636. The largest absolute Gasteiger partial charge is 0.466 e. The van der Waals surface area contributed by atoms with Crippen molar-refractivity contribution in [1.29, 1.82) is 0 Å². The molecule has 0 amide bonds. The molecule has 4 aliphatic rings. The van der Waals surface area contributed by atoms with E-state index in [0.717, 1.165) is 38.5 Å². The monoisotopic (exact) mass is 504 g/mol. The summed E-state index contributed by atoms with van der Waals surface area (Å²) in [4.78, 5) is 24.6. The fourth-order valence-electron chi connectivity index (χ4n) is 8.39. The van der Waals surface area contributed by atoms with Crippen molar-refractivity contribution in [3.63, 3.8) is 0 Å². The molecule has 4 aliphatic carbocycles. The maximum atomic E-state index is 12.7. The molecular formula is C33H44O4. The summed E-state index contributed by atoms with van der Waals surface area (Å²) in [5.74, 6) is 1.45. The van der Waals surface area contributed by atoms with Gasteiger partial charge in [-0.25, -0.2) is 4.79 Å². The smallest absolute Gasteiger partial charge is 0.338 e. The van der Waals surface area contributed by atoms with Gasteiger partial charge in [-0.2, -0.15) is 0 Å². The Hall–Kier alpha value is -2.36. The molecule has 0 spiro atoms. The molecule has 1 aromatic rings. The lowest BCUT2D eigenvalue weighted by atomic mass is 9.51. The van der Waals surface area contributed by atoms with Gasteiger partial charge in [0.05, 0.1) is 12.2 Å². The van der Waals surface area contributed by atoms with Gasteiger partial charge in [-0.15, -0.1) is 0 Å². The maximum absolute atomic E-state index is 12.7. The number of carbonyl (C=O) groups excluding carboxylic acids is 2. The van der Waals surface area contributed by atoms with Crippen molar-refractivity contribution in [1.82, 2.24) is 0 Å². The highest BCUT2D eigenvalue weighted by atomic mass is 16.5. The van der Waals surface area contributed by atoms with Crippen molar-refractivity contribution in [2.75, 3.05) is 6.61 Å². The van der Waals surface area contributed by atoms with Crippen molar-refractivity contribution in [3.8, 4) is 0 Å². The minimum atomic E-state index is -0.183. The molecule has 4 heteroatoms. The van der Waals surface area contributed by atoms with Gasteiger partial charge in [-0.05, 0) is 117 Å². The number of fused-ring (bicyclic) bond motifs is 4. The molecule has 6 atom stereocenters. The molecule has 200 valence electrons. The quantitative estimate of drug-likeness (QED) is 0.355. The molecule has 0 saturated heterocycles. The summed E-state index contributed by atoms with van der Waals surface area (Å²) >= 11 is 0. The van der Waals surface area contributed by atoms with Crippen molar-refractivity contribution in [2.45, 2.75) is 98.0 Å². The van der Waals surface area contributed by atoms with Crippen LogP contribution in [-0.2, 0) is 14.3 Å². The van der Waals surface area contributed by atoms with E-state index in [1.165, 1.54) is 19.3 Å². The molecule has 0 N–H and O–H groups in total. The van der Waals surface area contributed by atoms with Crippen LogP contribution < -0.4 is 0 Å². The summed E-state index contributed by atoms with van der Waals surface area (Å²) in [6, 6.07) is 9.39. The third-order valence-corrected chi connectivity index (χ3v) is 10.5. The Bertz CT molecular complexity index is 1080. The van der Waals surface area contributed by atoms with E-state index >= 15 is 0 Å². The SMILES string of the molecule is CCOC(=O)CC[C@@H](C)[C@H]1CC=C2C3=C(CC[C@@]21C)[C@@]1(C)CC[C@H](OC(=O)c2ccccc2)C[C@@H]1CC3. The van der Waals surface area contributed by atoms with E-state index in [1.54, 1.807) is 16.7 Å². The molecule has 0 bridgehead atoms. The topological polar surface area (TPSA) is 52.6 Å². The molecule has 5 rings (SSSR count). The van der Waals surface area contributed by atoms with Crippen molar-refractivity contribution >= 4 is 11.9 Å². The summed E-state index contributed by atoms with van der Waals surface area (Å²) in [6.45, 7) is 9.68. The highest BCUT2D eigenvalue weighted by molar-refractivity contribution is 5.89. The average molecular weight is 505 g/mol. The van der Waals surface area contributed by atoms with Gasteiger partial charge < -0.3 is 9.47 Å². The number of carbonyl (C=O) groups is 2. The Morgan fingerprint density at radius 3 is 2.59 bits per heavy atom. The number of esters is 2. The molecule has 0 aliphatic heterocycles. The van der Waals surface area contributed by atoms with Crippen LogP contribution in [0.25, 0.3) is 0 Å². The van der Waals surface area contributed by atoms with Crippen molar-refractivity contribution < 1.29 is 19.1 Å². The lowest BCUT2D eigenvalue weighted by molar-refractivity contribution is -0.143. The third kappa shape index (κ3) is 4.81. The summed E-state index contributed by atoms with van der Waals surface area (Å²) in [6.07, 6.45) is 12.9. The van der Waals surface area contributed by atoms with E-state index in [0.29, 0.717) is 36.3 Å². The van der Waals surface area contributed by atoms with Gasteiger partial charge in [0.2, 0.25) is 0 Å².